The molecular weight excluding hydrogens is 487 g/mol. The predicted molar refractivity (Wildman–Crippen MR) is 142 cm³/mol. The third-order valence-electron chi connectivity index (χ3n) is 6.43. The van der Waals surface area contributed by atoms with Gasteiger partial charge in [-0.25, -0.2) is 0 Å². The van der Waals surface area contributed by atoms with Crippen molar-refractivity contribution >= 4 is 34.8 Å². The Kier molecular flexibility index (Phi) is 8.97. The fourth-order valence-electron chi connectivity index (χ4n) is 4.63. The number of rotatable bonds is 9. The molecular formula is C27H36Cl2N2O4. The van der Waals surface area contributed by atoms with Crippen molar-refractivity contribution in [2.24, 2.45) is 5.41 Å². The smallest absolute Gasteiger partial charge is 0.221 e. The number of amides is 1. The van der Waals surface area contributed by atoms with Crippen LogP contribution < -0.4 is 14.8 Å². The van der Waals surface area contributed by atoms with E-state index in [2.05, 4.69) is 24.1 Å². The molecule has 1 unspecified atom stereocenters. The number of nitrogens with zero attached hydrogens (tertiary/aromatic N) is 1. The van der Waals surface area contributed by atoms with Gasteiger partial charge in [-0.15, -0.1) is 0 Å². The average molecular weight is 524 g/mol. The number of halogens is 2. The lowest BCUT2D eigenvalue weighted by Crippen LogP contribution is -2.55. The lowest BCUT2D eigenvalue weighted by atomic mass is 9.66. The first-order valence-electron chi connectivity index (χ1n) is 12.0. The van der Waals surface area contributed by atoms with E-state index in [0.717, 1.165) is 31.6 Å². The van der Waals surface area contributed by atoms with Crippen molar-refractivity contribution in [3.8, 4) is 11.5 Å². The molecule has 3 rings (SSSR count). The Morgan fingerprint density at radius 1 is 1.17 bits per heavy atom. The molecule has 192 valence electrons. The minimum atomic E-state index is -0.909. The van der Waals surface area contributed by atoms with Gasteiger partial charge in [-0.2, -0.15) is 0 Å². The summed E-state index contributed by atoms with van der Waals surface area (Å²) < 4.78 is 11.8. The highest BCUT2D eigenvalue weighted by Crippen LogP contribution is 2.46. The van der Waals surface area contributed by atoms with Gasteiger partial charge in [0.1, 0.15) is 11.5 Å². The van der Waals surface area contributed by atoms with Crippen LogP contribution in [0.3, 0.4) is 0 Å². The number of aliphatic hydroxyl groups is 1. The van der Waals surface area contributed by atoms with Crippen molar-refractivity contribution in [2.75, 3.05) is 31.6 Å². The second-order valence-electron chi connectivity index (χ2n) is 10.1. The van der Waals surface area contributed by atoms with Gasteiger partial charge in [0.2, 0.25) is 5.91 Å². The molecule has 6 nitrogen and oxygen atoms in total. The van der Waals surface area contributed by atoms with Crippen LogP contribution in [0.4, 0.5) is 5.69 Å². The van der Waals surface area contributed by atoms with E-state index in [0.29, 0.717) is 40.3 Å². The molecule has 0 saturated carbocycles. The molecule has 2 N–H and O–H groups in total. The standard InChI is InChI=1S/C27H36Cl2N2O4/c1-18(2)35-24-16-25(23(15-22(24)29)30-19(3)32)34-14-6-12-31-13-11-27(33,26(4,5)17-31)20-7-9-21(28)10-8-20/h7-10,15-16,18,33H,6,11-14,17H2,1-5H3,(H,30,32). The molecule has 1 aliphatic rings. The molecule has 0 spiro atoms. The SMILES string of the molecule is CC(=O)Nc1cc(Cl)c(OC(C)C)cc1OCCCN1CCC(O)(c2ccc(Cl)cc2)C(C)(C)C1. The molecule has 1 atom stereocenters. The lowest BCUT2D eigenvalue weighted by Gasteiger charge is -2.50. The molecule has 1 saturated heterocycles. The number of piperidine rings is 1. The number of likely N-dealkylation sites (tertiary alicyclic amines) is 1. The molecule has 8 heteroatoms. The zero-order valence-electron chi connectivity index (χ0n) is 21.2. The van der Waals surface area contributed by atoms with Gasteiger partial charge >= 0.3 is 0 Å². The van der Waals surface area contributed by atoms with Crippen molar-refractivity contribution in [3.63, 3.8) is 0 Å². The Hall–Kier alpha value is -1.99. The highest BCUT2D eigenvalue weighted by atomic mass is 35.5. The number of benzene rings is 2. The Balaban J connectivity index is 1.60. The van der Waals surface area contributed by atoms with Gasteiger partial charge in [0, 0.05) is 43.1 Å². The van der Waals surface area contributed by atoms with Gasteiger partial charge in [-0.05, 0) is 50.5 Å². The lowest BCUT2D eigenvalue weighted by molar-refractivity contribution is -0.125. The highest BCUT2D eigenvalue weighted by molar-refractivity contribution is 6.32. The maximum atomic E-state index is 11.6. The zero-order valence-corrected chi connectivity index (χ0v) is 22.7. The molecule has 2 aromatic rings. The molecule has 1 heterocycles. The molecule has 1 fully saturated rings. The number of nitrogens with one attached hydrogen (secondary N) is 1. The van der Waals surface area contributed by atoms with E-state index in [-0.39, 0.29) is 17.4 Å². The normalized spacial score (nSPS) is 20.0. The minimum absolute atomic E-state index is 0.0408. The van der Waals surface area contributed by atoms with Crippen LogP contribution in [0.2, 0.25) is 10.0 Å². The molecule has 0 aliphatic carbocycles. The van der Waals surface area contributed by atoms with E-state index < -0.39 is 5.60 Å². The van der Waals surface area contributed by atoms with Crippen LogP contribution in [0.25, 0.3) is 0 Å². The summed E-state index contributed by atoms with van der Waals surface area (Å²) in [5.74, 6) is 0.841. The van der Waals surface area contributed by atoms with Crippen molar-refractivity contribution in [1.29, 1.82) is 0 Å². The van der Waals surface area contributed by atoms with Crippen molar-refractivity contribution in [1.82, 2.24) is 4.90 Å². The Morgan fingerprint density at radius 3 is 2.46 bits per heavy atom. The Morgan fingerprint density at radius 2 is 1.86 bits per heavy atom. The van der Waals surface area contributed by atoms with Gasteiger partial charge in [0.05, 0.1) is 29.0 Å². The summed E-state index contributed by atoms with van der Waals surface area (Å²) in [5.41, 5.74) is 0.180. The summed E-state index contributed by atoms with van der Waals surface area (Å²) in [6, 6.07) is 10.9. The quantitative estimate of drug-likeness (QED) is 0.387. The summed E-state index contributed by atoms with van der Waals surface area (Å²) in [4.78, 5) is 14.0. The van der Waals surface area contributed by atoms with Gasteiger partial charge in [0.15, 0.2) is 0 Å². The third kappa shape index (κ3) is 6.82. The van der Waals surface area contributed by atoms with Crippen LogP contribution in [0.5, 0.6) is 11.5 Å². The maximum Gasteiger partial charge on any atom is 0.221 e. The minimum Gasteiger partial charge on any atom is -0.491 e. The third-order valence-corrected chi connectivity index (χ3v) is 6.98. The first-order chi connectivity index (χ1) is 16.4. The van der Waals surface area contributed by atoms with E-state index in [1.807, 2.05) is 38.1 Å². The number of hydrogen-bond donors (Lipinski definition) is 2. The van der Waals surface area contributed by atoms with Crippen LogP contribution >= 0.6 is 23.2 Å². The van der Waals surface area contributed by atoms with Crippen molar-refractivity contribution in [3.05, 3.63) is 52.0 Å². The summed E-state index contributed by atoms with van der Waals surface area (Å²) in [5, 5.41) is 15.4. The first kappa shape index (κ1) is 27.6. The number of carbonyl (C=O) groups is 1. The van der Waals surface area contributed by atoms with Crippen LogP contribution in [-0.4, -0.2) is 48.3 Å². The van der Waals surface area contributed by atoms with Gasteiger partial charge in [-0.1, -0.05) is 49.2 Å². The van der Waals surface area contributed by atoms with E-state index in [4.69, 9.17) is 32.7 Å². The average Bonchev–Trinajstić information content (AvgIpc) is 2.76. The summed E-state index contributed by atoms with van der Waals surface area (Å²) in [7, 11) is 0. The molecule has 2 aromatic carbocycles. The first-order valence-corrected chi connectivity index (χ1v) is 12.8. The largest absolute Gasteiger partial charge is 0.491 e. The highest BCUT2D eigenvalue weighted by Gasteiger charge is 2.48. The van der Waals surface area contributed by atoms with E-state index in [9.17, 15) is 9.90 Å². The Labute approximate surface area is 218 Å². The molecule has 1 aliphatic heterocycles. The number of hydrogen-bond acceptors (Lipinski definition) is 5. The van der Waals surface area contributed by atoms with E-state index in [1.54, 1.807) is 12.1 Å². The summed E-state index contributed by atoms with van der Waals surface area (Å²) in [6.45, 7) is 12.3. The molecule has 0 radical (unpaired) electrons. The van der Waals surface area contributed by atoms with Crippen LogP contribution in [0.1, 0.15) is 53.0 Å². The summed E-state index contributed by atoms with van der Waals surface area (Å²) in [6.07, 6.45) is 1.39. The fourth-order valence-corrected chi connectivity index (χ4v) is 4.97. The van der Waals surface area contributed by atoms with E-state index in [1.165, 1.54) is 6.92 Å². The zero-order chi connectivity index (χ0) is 25.8. The van der Waals surface area contributed by atoms with Gasteiger partial charge in [0.25, 0.3) is 0 Å². The molecule has 0 aromatic heterocycles. The molecule has 35 heavy (non-hydrogen) atoms. The molecule has 1 amide bonds. The second kappa shape index (κ2) is 11.4. The van der Waals surface area contributed by atoms with Gasteiger partial charge in [-0.3, -0.25) is 4.79 Å². The topological polar surface area (TPSA) is 71.0 Å². The van der Waals surface area contributed by atoms with Crippen molar-refractivity contribution in [2.45, 2.75) is 59.2 Å². The van der Waals surface area contributed by atoms with Gasteiger partial charge < -0.3 is 24.8 Å². The van der Waals surface area contributed by atoms with Crippen LogP contribution in [-0.2, 0) is 10.4 Å². The summed E-state index contributed by atoms with van der Waals surface area (Å²) >= 11 is 12.4. The van der Waals surface area contributed by atoms with Crippen molar-refractivity contribution < 1.29 is 19.4 Å². The number of anilines is 1. The molecule has 0 bridgehead atoms. The van der Waals surface area contributed by atoms with E-state index >= 15 is 0 Å². The monoisotopic (exact) mass is 522 g/mol. The predicted octanol–water partition coefficient (Wildman–Crippen LogP) is 6.13. The van der Waals surface area contributed by atoms with Crippen LogP contribution in [0.15, 0.2) is 36.4 Å². The fraction of sp³-hybridized carbons (Fsp3) is 0.519. The Bertz CT molecular complexity index is 1030. The van der Waals surface area contributed by atoms with Crippen LogP contribution in [0, 0.1) is 5.41 Å². The second-order valence-corrected chi connectivity index (χ2v) is 10.9. The number of carbonyl (C=O) groups excluding carboxylic acids is 1. The number of ether oxygens (including phenoxy) is 2. The maximum absolute atomic E-state index is 11.6.